The van der Waals surface area contributed by atoms with Crippen molar-refractivity contribution in [2.24, 2.45) is 0 Å². The summed E-state index contributed by atoms with van der Waals surface area (Å²) in [6.07, 6.45) is -3.46. The van der Waals surface area contributed by atoms with E-state index in [1.54, 1.807) is 0 Å². The molecule has 2 aliphatic rings. The van der Waals surface area contributed by atoms with Crippen molar-refractivity contribution in [3.8, 4) is 0 Å². The van der Waals surface area contributed by atoms with E-state index >= 15 is 0 Å². The summed E-state index contributed by atoms with van der Waals surface area (Å²) in [6.45, 7) is 6.88. The number of anilines is 2. The molecule has 0 saturated carbocycles. The lowest BCUT2D eigenvalue weighted by Gasteiger charge is -2.36. The molecule has 3 heterocycles. The minimum absolute atomic E-state index is 0.0861. The van der Waals surface area contributed by atoms with E-state index in [4.69, 9.17) is 4.98 Å². The van der Waals surface area contributed by atoms with Crippen molar-refractivity contribution in [1.82, 2.24) is 24.7 Å². The number of aromatic nitrogens is 2. The normalized spacial score (nSPS) is 17.0. The highest BCUT2D eigenvalue weighted by Crippen LogP contribution is 2.30. The number of alkyl halides is 3. The Morgan fingerprint density at radius 1 is 0.878 bits per heavy atom. The summed E-state index contributed by atoms with van der Waals surface area (Å²) in [5.41, 5.74) is 1.08. The van der Waals surface area contributed by atoms with Gasteiger partial charge in [0.2, 0.25) is 5.95 Å². The SMILES string of the molecule is O=C(Nc1cccc(C(F)(F)F)c1)N1CCN(c2nc(CN3CCN(CCc4ccccc4)CC3)cc(=O)[nH]2)CC1. The zero-order valence-electron chi connectivity index (χ0n) is 22.7. The Kier molecular flexibility index (Phi) is 8.89. The number of hydrogen-bond acceptors (Lipinski definition) is 6. The molecule has 0 bridgehead atoms. The van der Waals surface area contributed by atoms with E-state index < -0.39 is 17.8 Å². The Balaban J connectivity index is 1.10. The van der Waals surface area contributed by atoms with Crippen LogP contribution in [0.3, 0.4) is 0 Å². The van der Waals surface area contributed by atoms with Gasteiger partial charge in [0.25, 0.3) is 5.56 Å². The molecule has 0 aliphatic carbocycles. The molecule has 3 aromatic rings. The molecule has 2 aliphatic heterocycles. The standard InChI is InChI=1S/C29H34F3N7O2/c30-29(31,32)23-7-4-8-24(19-23)34-28(41)39-17-15-38(16-18-39)27-33-25(20-26(40)35-27)21-37-13-11-36(12-14-37)10-9-22-5-2-1-3-6-22/h1-8,19-20H,9-18,21H2,(H,34,41)(H,33,35,40). The van der Waals surface area contributed by atoms with Crippen LogP contribution in [-0.4, -0.2) is 89.6 Å². The minimum Gasteiger partial charge on any atom is -0.339 e. The zero-order valence-corrected chi connectivity index (χ0v) is 22.7. The van der Waals surface area contributed by atoms with Crippen LogP contribution in [0.4, 0.5) is 29.6 Å². The number of benzene rings is 2. The lowest BCUT2D eigenvalue weighted by molar-refractivity contribution is -0.137. The minimum atomic E-state index is -4.48. The van der Waals surface area contributed by atoms with Gasteiger partial charge in [0, 0.05) is 77.2 Å². The van der Waals surface area contributed by atoms with Gasteiger partial charge >= 0.3 is 12.2 Å². The third-order valence-corrected chi connectivity index (χ3v) is 7.50. The molecule has 1 aromatic heterocycles. The largest absolute Gasteiger partial charge is 0.416 e. The van der Waals surface area contributed by atoms with Crippen molar-refractivity contribution in [3.63, 3.8) is 0 Å². The first kappa shape index (κ1) is 28.6. The molecule has 12 heteroatoms. The number of H-pyrrole nitrogens is 1. The zero-order chi connectivity index (χ0) is 28.8. The summed E-state index contributed by atoms with van der Waals surface area (Å²) in [7, 11) is 0. The van der Waals surface area contributed by atoms with Gasteiger partial charge in [-0.25, -0.2) is 9.78 Å². The number of halogens is 3. The second kappa shape index (κ2) is 12.7. The van der Waals surface area contributed by atoms with Crippen molar-refractivity contribution in [3.05, 3.63) is 87.8 Å². The highest BCUT2D eigenvalue weighted by atomic mass is 19.4. The third kappa shape index (κ3) is 7.86. The maximum Gasteiger partial charge on any atom is 0.416 e. The third-order valence-electron chi connectivity index (χ3n) is 7.50. The number of carbonyl (C=O) groups excluding carboxylic acids is 1. The number of nitrogens with zero attached hydrogens (tertiary/aromatic N) is 5. The Morgan fingerprint density at radius 2 is 1.59 bits per heavy atom. The van der Waals surface area contributed by atoms with E-state index in [-0.39, 0.29) is 11.2 Å². The fourth-order valence-corrected chi connectivity index (χ4v) is 5.15. The van der Waals surface area contributed by atoms with Crippen LogP contribution in [0.1, 0.15) is 16.8 Å². The molecule has 2 aromatic carbocycles. The summed E-state index contributed by atoms with van der Waals surface area (Å²) in [6, 6.07) is 16.1. The quantitative estimate of drug-likeness (QED) is 0.453. The van der Waals surface area contributed by atoms with Gasteiger partial charge in [0.15, 0.2) is 0 Å². The van der Waals surface area contributed by atoms with Gasteiger partial charge < -0.3 is 20.0 Å². The predicted molar refractivity (Wildman–Crippen MR) is 151 cm³/mol. The van der Waals surface area contributed by atoms with E-state index in [1.165, 1.54) is 28.7 Å². The molecule has 0 unspecified atom stereocenters. The lowest BCUT2D eigenvalue weighted by Crippen LogP contribution is -2.51. The average Bonchev–Trinajstić information content (AvgIpc) is 2.97. The second-order valence-corrected chi connectivity index (χ2v) is 10.4. The van der Waals surface area contributed by atoms with Crippen molar-refractivity contribution >= 4 is 17.7 Å². The van der Waals surface area contributed by atoms with Crippen molar-refractivity contribution in [2.75, 3.05) is 69.1 Å². The molecule has 9 nitrogen and oxygen atoms in total. The Labute approximate surface area is 236 Å². The number of amides is 2. The highest BCUT2D eigenvalue weighted by molar-refractivity contribution is 5.89. The van der Waals surface area contributed by atoms with E-state index in [0.29, 0.717) is 44.4 Å². The molecular formula is C29H34F3N7O2. The van der Waals surface area contributed by atoms with Crippen LogP contribution in [-0.2, 0) is 19.1 Å². The molecule has 0 atom stereocenters. The lowest BCUT2D eigenvalue weighted by atomic mass is 10.1. The topological polar surface area (TPSA) is 87.8 Å². The van der Waals surface area contributed by atoms with Crippen molar-refractivity contribution < 1.29 is 18.0 Å². The number of piperazine rings is 2. The molecule has 0 spiro atoms. The molecular weight excluding hydrogens is 535 g/mol. The van der Waals surface area contributed by atoms with Crippen molar-refractivity contribution in [2.45, 2.75) is 19.1 Å². The number of carbonyl (C=O) groups is 1. The molecule has 5 rings (SSSR count). The molecule has 2 amide bonds. The summed E-state index contributed by atoms with van der Waals surface area (Å²) in [5, 5.41) is 2.55. The predicted octanol–water partition coefficient (Wildman–Crippen LogP) is 3.50. The van der Waals surface area contributed by atoms with E-state index in [9.17, 15) is 22.8 Å². The molecule has 2 saturated heterocycles. The first-order valence-corrected chi connectivity index (χ1v) is 13.8. The van der Waals surface area contributed by atoms with Gasteiger partial charge in [0.1, 0.15) is 0 Å². The molecule has 218 valence electrons. The van der Waals surface area contributed by atoms with Gasteiger partial charge in [-0.2, -0.15) is 13.2 Å². The first-order valence-electron chi connectivity index (χ1n) is 13.8. The maximum absolute atomic E-state index is 13.0. The smallest absolute Gasteiger partial charge is 0.339 e. The van der Waals surface area contributed by atoms with E-state index in [1.807, 2.05) is 11.0 Å². The number of urea groups is 1. The fourth-order valence-electron chi connectivity index (χ4n) is 5.15. The number of hydrogen-bond donors (Lipinski definition) is 2. The molecule has 2 fully saturated rings. The molecule has 2 N–H and O–H groups in total. The fraction of sp³-hybridized carbons (Fsp3) is 0.414. The maximum atomic E-state index is 13.0. The first-order chi connectivity index (χ1) is 19.7. The van der Waals surface area contributed by atoms with E-state index in [2.05, 4.69) is 44.4 Å². The summed E-state index contributed by atoms with van der Waals surface area (Å²) in [4.78, 5) is 40.8. The van der Waals surface area contributed by atoms with Crippen LogP contribution in [0.15, 0.2) is 65.5 Å². The Hall–Kier alpha value is -3.90. The Bertz CT molecular complexity index is 1370. The van der Waals surface area contributed by atoms with Gasteiger partial charge in [-0.1, -0.05) is 36.4 Å². The summed E-state index contributed by atoms with van der Waals surface area (Å²) in [5.74, 6) is 0.465. The van der Waals surface area contributed by atoms with Crippen LogP contribution in [0.2, 0.25) is 0 Å². The van der Waals surface area contributed by atoms with Gasteiger partial charge in [0.05, 0.1) is 11.3 Å². The molecule has 0 radical (unpaired) electrons. The number of nitrogens with one attached hydrogen (secondary N) is 2. The van der Waals surface area contributed by atoms with Crippen molar-refractivity contribution in [1.29, 1.82) is 0 Å². The number of rotatable bonds is 7. The summed E-state index contributed by atoms with van der Waals surface area (Å²) < 4.78 is 39.0. The van der Waals surface area contributed by atoms with Crippen LogP contribution < -0.4 is 15.8 Å². The highest BCUT2D eigenvalue weighted by Gasteiger charge is 2.31. The second-order valence-electron chi connectivity index (χ2n) is 10.4. The van der Waals surface area contributed by atoms with Crippen LogP contribution >= 0.6 is 0 Å². The van der Waals surface area contributed by atoms with Crippen LogP contribution in [0.5, 0.6) is 0 Å². The van der Waals surface area contributed by atoms with Crippen LogP contribution in [0, 0.1) is 0 Å². The number of aromatic amines is 1. The molecule has 41 heavy (non-hydrogen) atoms. The van der Waals surface area contributed by atoms with E-state index in [0.717, 1.165) is 51.3 Å². The van der Waals surface area contributed by atoms with Gasteiger partial charge in [-0.3, -0.25) is 14.7 Å². The van der Waals surface area contributed by atoms with Crippen LogP contribution in [0.25, 0.3) is 0 Å². The van der Waals surface area contributed by atoms with Gasteiger partial charge in [-0.05, 0) is 30.2 Å². The summed E-state index contributed by atoms with van der Waals surface area (Å²) >= 11 is 0. The monoisotopic (exact) mass is 569 g/mol. The average molecular weight is 570 g/mol. The Morgan fingerprint density at radius 3 is 2.29 bits per heavy atom. The van der Waals surface area contributed by atoms with Gasteiger partial charge in [-0.15, -0.1) is 0 Å².